The molecule has 17 heavy (non-hydrogen) atoms. The van der Waals surface area contributed by atoms with Gasteiger partial charge in [0.25, 0.3) is 6.26 Å². The Morgan fingerprint density at radius 2 is 2.18 bits per heavy atom. The van der Waals surface area contributed by atoms with Crippen LogP contribution in [0.3, 0.4) is 0 Å². The maximum absolute atomic E-state index is 11.4. The third-order valence-corrected chi connectivity index (χ3v) is 2.11. The maximum Gasteiger partial charge on any atom is 0.308 e. The standard InChI is InChI=1S/C11H16N2O4/c1-10(4-2-3-6-16-8-12)11(15)17-7-5-13-9-14/h10H,2-7H2,1H3. The van der Waals surface area contributed by atoms with Crippen molar-refractivity contribution < 1.29 is 19.1 Å². The molecule has 0 aromatic heterocycles. The first kappa shape index (κ1) is 15.1. The average Bonchev–Trinajstić information content (AvgIpc) is 2.34. The molecule has 0 radical (unpaired) electrons. The molecule has 0 bridgehead atoms. The topological polar surface area (TPSA) is 88.8 Å². The van der Waals surface area contributed by atoms with Gasteiger partial charge >= 0.3 is 5.97 Å². The predicted molar refractivity (Wildman–Crippen MR) is 58.5 cm³/mol. The molecule has 0 saturated heterocycles. The third kappa shape index (κ3) is 9.09. The van der Waals surface area contributed by atoms with Crippen molar-refractivity contribution in [3.8, 4) is 6.26 Å². The lowest BCUT2D eigenvalue weighted by Gasteiger charge is -2.09. The van der Waals surface area contributed by atoms with Crippen molar-refractivity contribution in [2.45, 2.75) is 26.2 Å². The van der Waals surface area contributed by atoms with Gasteiger partial charge in [0.05, 0.1) is 12.5 Å². The van der Waals surface area contributed by atoms with Gasteiger partial charge in [0.15, 0.2) is 0 Å². The second kappa shape index (κ2) is 10.7. The molecule has 0 amide bonds. The highest BCUT2D eigenvalue weighted by molar-refractivity contribution is 5.71. The van der Waals surface area contributed by atoms with Gasteiger partial charge < -0.3 is 9.47 Å². The number of aliphatic imine (C=N–C) groups is 1. The Bertz CT molecular complexity index is 305. The molecule has 0 heterocycles. The summed E-state index contributed by atoms with van der Waals surface area (Å²) in [5.41, 5.74) is 0. The molecular weight excluding hydrogens is 224 g/mol. The minimum Gasteiger partial charge on any atom is -0.463 e. The largest absolute Gasteiger partial charge is 0.463 e. The first-order valence-electron chi connectivity index (χ1n) is 5.43. The SMILES string of the molecule is CC(CCCCOC#N)C(=O)OCCN=C=O. The number of rotatable bonds is 9. The van der Waals surface area contributed by atoms with E-state index in [1.807, 2.05) is 0 Å². The van der Waals surface area contributed by atoms with Crippen LogP contribution >= 0.6 is 0 Å². The zero-order valence-electron chi connectivity index (χ0n) is 9.85. The predicted octanol–water partition coefficient (Wildman–Crippen LogP) is 1.17. The molecule has 0 spiro atoms. The molecule has 94 valence electrons. The van der Waals surface area contributed by atoms with E-state index in [-0.39, 0.29) is 25.0 Å². The minimum atomic E-state index is -0.299. The Kier molecular flexibility index (Phi) is 9.49. The number of carbonyl (C=O) groups excluding carboxylic acids is 2. The monoisotopic (exact) mass is 240 g/mol. The van der Waals surface area contributed by atoms with Crippen molar-refractivity contribution in [2.75, 3.05) is 19.8 Å². The Labute approximate surface area is 100 Å². The maximum atomic E-state index is 11.4. The Balaban J connectivity index is 3.53. The van der Waals surface area contributed by atoms with Crippen molar-refractivity contribution in [1.82, 2.24) is 0 Å². The number of unbranched alkanes of at least 4 members (excludes halogenated alkanes) is 1. The fraction of sp³-hybridized carbons (Fsp3) is 0.727. The zero-order chi connectivity index (χ0) is 12.9. The van der Waals surface area contributed by atoms with Gasteiger partial charge in [-0.3, -0.25) is 4.79 Å². The Hall–Kier alpha value is -1.86. The quantitative estimate of drug-likeness (QED) is 0.198. The molecule has 0 N–H and O–H groups in total. The fourth-order valence-electron chi connectivity index (χ4n) is 1.17. The van der Waals surface area contributed by atoms with E-state index in [2.05, 4.69) is 9.73 Å². The summed E-state index contributed by atoms with van der Waals surface area (Å²) in [5.74, 6) is -0.496. The second-order valence-corrected chi connectivity index (χ2v) is 3.48. The number of ether oxygens (including phenoxy) is 2. The molecule has 0 aliphatic carbocycles. The summed E-state index contributed by atoms with van der Waals surface area (Å²) in [4.78, 5) is 24.4. The minimum absolute atomic E-state index is 0.107. The van der Waals surface area contributed by atoms with Crippen molar-refractivity contribution in [2.24, 2.45) is 10.9 Å². The van der Waals surface area contributed by atoms with Gasteiger partial charge in [-0.1, -0.05) is 6.92 Å². The second-order valence-electron chi connectivity index (χ2n) is 3.48. The van der Waals surface area contributed by atoms with Crippen molar-refractivity contribution >= 4 is 12.0 Å². The van der Waals surface area contributed by atoms with Crippen LogP contribution in [0.2, 0.25) is 0 Å². The van der Waals surface area contributed by atoms with Crippen LogP contribution < -0.4 is 0 Å². The van der Waals surface area contributed by atoms with Crippen molar-refractivity contribution in [3.05, 3.63) is 0 Å². The van der Waals surface area contributed by atoms with Gasteiger partial charge in [0, 0.05) is 0 Å². The lowest BCUT2D eigenvalue weighted by molar-refractivity contribution is -0.147. The number of esters is 1. The van der Waals surface area contributed by atoms with E-state index in [1.165, 1.54) is 6.08 Å². The highest BCUT2D eigenvalue weighted by Crippen LogP contribution is 2.09. The number of carbonyl (C=O) groups is 1. The summed E-state index contributed by atoms with van der Waals surface area (Å²) in [6.07, 6.45) is 5.17. The smallest absolute Gasteiger partial charge is 0.308 e. The zero-order valence-corrected chi connectivity index (χ0v) is 9.85. The van der Waals surface area contributed by atoms with E-state index < -0.39 is 0 Å². The van der Waals surface area contributed by atoms with Crippen LogP contribution in [0.25, 0.3) is 0 Å². The van der Waals surface area contributed by atoms with Gasteiger partial charge in [-0.2, -0.15) is 5.26 Å². The molecule has 0 saturated carbocycles. The lowest BCUT2D eigenvalue weighted by Crippen LogP contribution is -2.16. The number of nitrogens with zero attached hydrogens (tertiary/aromatic N) is 2. The summed E-state index contributed by atoms with van der Waals surface area (Å²) < 4.78 is 9.40. The van der Waals surface area contributed by atoms with Crippen molar-refractivity contribution in [1.29, 1.82) is 5.26 Å². The molecule has 0 aromatic carbocycles. The highest BCUT2D eigenvalue weighted by atomic mass is 16.5. The molecule has 1 atom stereocenters. The summed E-state index contributed by atoms with van der Waals surface area (Å²) in [6.45, 7) is 2.41. The van der Waals surface area contributed by atoms with E-state index in [0.717, 1.165) is 12.8 Å². The molecule has 6 heteroatoms. The van der Waals surface area contributed by atoms with Crippen LogP contribution in [0.15, 0.2) is 4.99 Å². The summed E-state index contributed by atoms with van der Waals surface area (Å²) >= 11 is 0. The number of isocyanates is 1. The van der Waals surface area contributed by atoms with Crippen LogP contribution in [0.5, 0.6) is 0 Å². The van der Waals surface area contributed by atoms with Gasteiger partial charge in [-0.15, -0.1) is 0 Å². The third-order valence-electron chi connectivity index (χ3n) is 2.11. The van der Waals surface area contributed by atoms with Crippen LogP contribution in [-0.2, 0) is 19.1 Å². The summed E-state index contributed by atoms with van der Waals surface area (Å²) in [6, 6.07) is 0. The van der Waals surface area contributed by atoms with Crippen LogP contribution in [0.4, 0.5) is 0 Å². The number of hydrogen-bond acceptors (Lipinski definition) is 6. The van der Waals surface area contributed by atoms with Gasteiger partial charge in [-0.25, -0.2) is 9.79 Å². The summed E-state index contributed by atoms with van der Waals surface area (Å²) in [5, 5.41) is 8.12. The van der Waals surface area contributed by atoms with Crippen LogP contribution in [-0.4, -0.2) is 31.8 Å². The van der Waals surface area contributed by atoms with Gasteiger partial charge in [0.1, 0.15) is 13.2 Å². The first-order valence-corrected chi connectivity index (χ1v) is 5.43. The molecule has 0 aromatic rings. The van der Waals surface area contributed by atoms with E-state index in [4.69, 9.17) is 10.00 Å². The Morgan fingerprint density at radius 1 is 1.41 bits per heavy atom. The lowest BCUT2D eigenvalue weighted by atomic mass is 10.0. The number of hydrogen-bond donors (Lipinski definition) is 0. The van der Waals surface area contributed by atoms with E-state index in [9.17, 15) is 9.59 Å². The highest BCUT2D eigenvalue weighted by Gasteiger charge is 2.13. The average molecular weight is 240 g/mol. The fourth-order valence-corrected chi connectivity index (χ4v) is 1.17. The van der Waals surface area contributed by atoms with Crippen LogP contribution in [0, 0.1) is 17.4 Å². The van der Waals surface area contributed by atoms with Crippen LogP contribution in [0.1, 0.15) is 26.2 Å². The number of nitriles is 1. The normalized spacial score (nSPS) is 10.8. The molecule has 0 fully saturated rings. The molecular formula is C11H16N2O4. The summed E-state index contributed by atoms with van der Waals surface area (Å²) in [7, 11) is 0. The van der Waals surface area contributed by atoms with Crippen molar-refractivity contribution in [3.63, 3.8) is 0 Å². The first-order chi connectivity index (χ1) is 8.22. The molecule has 1 unspecified atom stereocenters. The molecule has 6 nitrogen and oxygen atoms in total. The van der Waals surface area contributed by atoms with E-state index in [0.29, 0.717) is 13.0 Å². The van der Waals surface area contributed by atoms with E-state index >= 15 is 0 Å². The molecule has 0 rings (SSSR count). The van der Waals surface area contributed by atoms with Gasteiger partial charge in [0.2, 0.25) is 6.08 Å². The Morgan fingerprint density at radius 3 is 2.82 bits per heavy atom. The molecule has 0 aliphatic rings. The molecule has 0 aliphatic heterocycles. The van der Waals surface area contributed by atoms with E-state index in [1.54, 1.807) is 13.2 Å². The van der Waals surface area contributed by atoms with Gasteiger partial charge in [-0.05, 0) is 19.3 Å².